The van der Waals surface area contributed by atoms with Gasteiger partial charge in [0.05, 0.1) is 23.2 Å². The Balaban J connectivity index is 1.73. The Kier molecular flexibility index (Phi) is 5.89. The fraction of sp³-hybridized carbons (Fsp3) is 0.300. The maximum absolute atomic E-state index is 12.4. The molecule has 28 heavy (non-hydrogen) atoms. The van der Waals surface area contributed by atoms with E-state index in [1.807, 2.05) is 26.0 Å². The van der Waals surface area contributed by atoms with Gasteiger partial charge < -0.3 is 15.0 Å². The number of amides is 1. The quantitative estimate of drug-likeness (QED) is 0.619. The van der Waals surface area contributed by atoms with E-state index in [1.54, 1.807) is 19.1 Å². The van der Waals surface area contributed by atoms with Crippen LogP contribution in [0.4, 0.5) is 5.00 Å². The Bertz CT molecular complexity index is 1100. The third kappa shape index (κ3) is 4.12. The summed E-state index contributed by atoms with van der Waals surface area (Å²) in [4.78, 5) is 44.8. The van der Waals surface area contributed by atoms with Crippen LogP contribution in [0.1, 0.15) is 39.8 Å². The highest BCUT2D eigenvalue weighted by molar-refractivity contribution is 7.16. The standard InChI is InChI=1S/C20H21N3O4S/c1-4-27-20(26)17-11(2)12(3)28-19(17)23-16(24)10-9-15-18(25)22-14-8-6-5-7-13(14)21-15/h5-8H,4,9-10H2,1-3H3,(H,22,25)(H,23,24). The van der Waals surface area contributed by atoms with Gasteiger partial charge in [-0.2, -0.15) is 0 Å². The molecule has 1 amide bonds. The molecule has 0 unspecified atom stereocenters. The second-order valence-electron chi connectivity index (χ2n) is 6.29. The predicted octanol–water partition coefficient (Wildman–Crippen LogP) is 3.35. The Morgan fingerprint density at radius 1 is 1.25 bits per heavy atom. The number of aromatic amines is 1. The molecule has 0 radical (unpaired) electrons. The first-order valence-corrected chi connectivity index (χ1v) is 9.77. The van der Waals surface area contributed by atoms with Gasteiger partial charge in [-0.3, -0.25) is 9.59 Å². The van der Waals surface area contributed by atoms with Crippen LogP contribution in [0.25, 0.3) is 11.0 Å². The highest BCUT2D eigenvalue weighted by atomic mass is 32.1. The van der Waals surface area contributed by atoms with Crippen molar-refractivity contribution >= 4 is 39.2 Å². The van der Waals surface area contributed by atoms with Crippen molar-refractivity contribution in [2.75, 3.05) is 11.9 Å². The number of nitrogens with zero attached hydrogens (tertiary/aromatic N) is 1. The maximum Gasteiger partial charge on any atom is 0.341 e. The first-order chi connectivity index (χ1) is 13.4. The molecule has 2 heterocycles. The number of thiophene rings is 1. The lowest BCUT2D eigenvalue weighted by Crippen LogP contribution is -2.19. The molecule has 0 aliphatic rings. The Morgan fingerprint density at radius 3 is 2.75 bits per heavy atom. The molecule has 0 fully saturated rings. The molecular weight excluding hydrogens is 378 g/mol. The second kappa shape index (κ2) is 8.35. The number of carbonyl (C=O) groups excluding carboxylic acids is 2. The number of anilines is 1. The molecule has 0 saturated carbocycles. The number of esters is 1. The average molecular weight is 399 g/mol. The average Bonchev–Trinajstić information content (AvgIpc) is 2.93. The highest BCUT2D eigenvalue weighted by Gasteiger charge is 2.22. The lowest BCUT2D eigenvalue weighted by molar-refractivity contribution is -0.116. The van der Waals surface area contributed by atoms with Crippen LogP contribution in [0, 0.1) is 13.8 Å². The lowest BCUT2D eigenvalue weighted by Gasteiger charge is -2.07. The largest absolute Gasteiger partial charge is 0.462 e. The number of fused-ring (bicyclic) bond motifs is 1. The van der Waals surface area contributed by atoms with E-state index in [0.29, 0.717) is 27.3 Å². The molecule has 0 aliphatic carbocycles. The van der Waals surface area contributed by atoms with Crippen molar-refractivity contribution in [1.29, 1.82) is 0 Å². The zero-order chi connectivity index (χ0) is 20.3. The summed E-state index contributed by atoms with van der Waals surface area (Å²) in [6.07, 6.45) is 0.275. The van der Waals surface area contributed by atoms with Crippen molar-refractivity contribution in [2.24, 2.45) is 0 Å². The third-order valence-electron chi connectivity index (χ3n) is 4.38. The summed E-state index contributed by atoms with van der Waals surface area (Å²) in [5.41, 5.74) is 2.52. The number of carbonyl (C=O) groups is 2. The molecule has 0 aliphatic heterocycles. The van der Waals surface area contributed by atoms with Crippen molar-refractivity contribution in [3.8, 4) is 0 Å². The van der Waals surface area contributed by atoms with Gasteiger partial charge in [0.15, 0.2) is 0 Å². The van der Waals surface area contributed by atoms with Gasteiger partial charge in [0.2, 0.25) is 5.91 Å². The fourth-order valence-corrected chi connectivity index (χ4v) is 3.89. The van der Waals surface area contributed by atoms with Gasteiger partial charge in [0.1, 0.15) is 10.7 Å². The summed E-state index contributed by atoms with van der Waals surface area (Å²) < 4.78 is 5.09. The fourth-order valence-electron chi connectivity index (χ4n) is 2.82. The van der Waals surface area contributed by atoms with E-state index in [2.05, 4.69) is 15.3 Å². The molecule has 0 atom stereocenters. The normalized spacial score (nSPS) is 10.8. The van der Waals surface area contributed by atoms with Crippen molar-refractivity contribution in [1.82, 2.24) is 9.97 Å². The number of ether oxygens (including phenoxy) is 1. The third-order valence-corrected chi connectivity index (χ3v) is 5.50. The van der Waals surface area contributed by atoms with E-state index < -0.39 is 5.97 Å². The van der Waals surface area contributed by atoms with Gasteiger partial charge in [-0.05, 0) is 38.5 Å². The van der Waals surface area contributed by atoms with E-state index in [4.69, 9.17) is 4.74 Å². The number of H-pyrrole nitrogens is 1. The minimum atomic E-state index is -0.452. The SMILES string of the molecule is CCOC(=O)c1c(NC(=O)CCc2nc3ccccc3[nH]c2=O)sc(C)c1C. The van der Waals surface area contributed by atoms with Gasteiger partial charge in [0, 0.05) is 17.7 Å². The van der Waals surface area contributed by atoms with Crippen LogP contribution in [0.2, 0.25) is 0 Å². The number of rotatable bonds is 6. The van der Waals surface area contributed by atoms with Crippen molar-refractivity contribution in [3.63, 3.8) is 0 Å². The summed E-state index contributed by atoms with van der Waals surface area (Å²) in [6.45, 7) is 5.71. The Morgan fingerprint density at radius 2 is 2.00 bits per heavy atom. The monoisotopic (exact) mass is 399 g/mol. The molecule has 3 aromatic rings. The van der Waals surface area contributed by atoms with E-state index in [0.717, 1.165) is 10.4 Å². The van der Waals surface area contributed by atoms with Gasteiger partial charge in [0.25, 0.3) is 5.56 Å². The summed E-state index contributed by atoms with van der Waals surface area (Å²) >= 11 is 1.33. The molecule has 0 spiro atoms. The molecule has 146 valence electrons. The maximum atomic E-state index is 12.4. The van der Waals surface area contributed by atoms with Crippen LogP contribution >= 0.6 is 11.3 Å². The molecule has 1 aromatic carbocycles. The van der Waals surface area contributed by atoms with Gasteiger partial charge >= 0.3 is 5.97 Å². The molecule has 2 N–H and O–H groups in total. The van der Waals surface area contributed by atoms with Crippen molar-refractivity contribution in [2.45, 2.75) is 33.6 Å². The van der Waals surface area contributed by atoms with Crippen LogP contribution in [0.3, 0.4) is 0 Å². The van der Waals surface area contributed by atoms with E-state index in [1.165, 1.54) is 11.3 Å². The van der Waals surface area contributed by atoms with Gasteiger partial charge in [-0.15, -0.1) is 11.3 Å². The number of hydrogen-bond acceptors (Lipinski definition) is 6. The number of nitrogens with one attached hydrogen (secondary N) is 2. The summed E-state index contributed by atoms with van der Waals surface area (Å²) in [6, 6.07) is 7.23. The number of aryl methyl sites for hydroxylation is 2. The molecule has 0 saturated heterocycles. The Hall–Kier alpha value is -3.00. The molecule has 2 aromatic heterocycles. The van der Waals surface area contributed by atoms with E-state index >= 15 is 0 Å². The number of hydrogen-bond donors (Lipinski definition) is 2. The predicted molar refractivity (Wildman–Crippen MR) is 109 cm³/mol. The minimum Gasteiger partial charge on any atom is -0.462 e. The van der Waals surface area contributed by atoms with Gasteiger partial charge in [-0.25, -0.2) is 9.78 Å². The van der Waals surface area contributed by atoms with E-state index in [9.17, 15) is 14.4 Å². The minimum absolute atomic E-state index is 0.0761. The van der Waals surface area contributed by atoms with Crippen LogP contribution in [-0.4, -0.2) is 28.5 Å². The topological polar surface area (TPSA) is 101 Å². The first-order valence-electron chi connectivity index (χ1n) is 8.95. The van der Waals surface area contributed by atoms with Gasteiger partial charge in [-0.1, -0.05) is 12.1 Å². The summed E-state index contributed by atoms with van der Waals surface area (Å²) in [5.74, 6) is -0.742. The van der Waals surface area contributed by atoms with E-state index in [-0.39, 0.29) is 30.9 Å². The zero-order valence-corrected chi connectivity index (χ0v) is 16.7. The van der Waals surface area contributed by atoms with Crippen LogP contribution in [0.15, 0.2) is 29.1 Å². The molecule has 8 heteroatoms. The number of benzene rings is 1. The van der Waals surface area contributed by atoms with Crippen LogP contribution in [-0.2, 0) is 16.0 Å². The van der Waals surface area contributed by atoms with Crippen LogP contribution < -0.4 is 10.9 Å². The molecule has 3 rings (SSSR count). The number of aromatic nitrogens is 2. The number of para-hydroxylation sites is 2. The summed E-state index contributed by atoms with van der Waals surface area (Å²) in [7, 11) is 0. The molecule has 7 nitrogen and oxygen atoms in total. The first kappa shape index (κ1) is 19.8. The molecule has 0 bridgehead atoms. The summed E-state index contributed by atoms with van der Waals surface area (Å²) in [5, 5.41) is 3.25. The van der Waals surface area contributed by atoms with Crippen LogP contribution in [0.5, 0.6) is 0 Å². The lowest BCUT2D eigenvalue weighted by atomic mass is 10.1. The Labute approximate surface area is 165 Å². The molecular formula is C20H21N3O4S. The van der Waals surface area contributed by atoms with Crippen molar-refractivity contribution in [3.05, 3.63) is 56.3 Å². The van der Waals surface area contributed by atoms with Crippen molar-refractivity contribution < 1.29 is 14.3 Å². The smallest absolute Gasteiger partial charge is 0.341 e. The second-order valence-corrected chi connectivity index (χ2v) is 7.51. The highest BCUT2D eigenvalue weighted by Crippen LogP contribution is 2.33. The zero-order valence-electron chi connectivity index (χ0n) is 15.9.